The highest BCUT2D eigenvalue weighted by Crippen LogP contribution is 2.13. The number of ether oxygens (including phenoxy) is 3. The maximum absolute atomic E-state index is 9.60. The molecule has 11 heteroatoms. The Morgan fingerprint density at radius 1 is 1.11 bits per heavy atom. The zero-order valence-electron chi connectivity index (χ0n) is 19.6. The summed E-state index contributed by atoms with van der Waals surface area (Å²) in [4.78, 5) is 35.5. The zero-order chi connectivity index (χ0) is 27.3. The van der Waals surface area contributed by atoms with E-state index >= 15 is 0 Å². The molecule has 190 valence electrons. The van der Waals surface area contributed by atoms with Gasteiger partial charge in [-0.1, -0.05) is 60.7 Å². The minimum absolute atomic E-state index is 0.343. The molecule has 3 rings (SSSR count). The summed E-state index contributed by atoms with van der Waals surface area (Å²) in [6.07, 6.45) is 1.97. The summed E-state index contributed by atoms with van der Waals surface area (Å²) >= 11 is 0. The molecule has 5 N–H and O–H groups in total. The first-order valence-electron chi connectivity index (χ1n) is 9.88. The van der Waals surface area contributed by atoms with Crippen molar-refractivity contribution in [2.24, 2.45) is 5.73 Å². The summed E-state index contributed by atoms with van der Waals surface area (Å²) in [5, 5.41) is 18.4. The van der Waals surface area contributed by atoms with Crippen molar-refractivity contribution in [2.45, 2.75) is 20.0 Å². The summed E-state index contributed by atoms with van der Waals surface area (Å²) < 4.78 is 14.6. The highest BCUT2D eigenvalue weighted by Gasteiger charge is 2.22. The van der Waals surface area contributed by atoms with Gasteiger partial charge in [0.15, 0.2) is 0 Å². The van der Waals surface area contributed by atoms with Crippen LogP contribution in [0.2, 0.25) is 0 Å². The van der Waals surface area contributed by atoms with E-state index in [4.69, 9.17) is 35.0 Å². The molecule has 1 aliphatic heterocycles. The van der Waals surface area contributed by atoms with Crippen LogP contribution in [0.5, 0.6) is 5.75 Å². The summed E-state index contributed by atoms with van der Waals surface area (Å²) in [6.45, 7) is 8.64. The van der Waals surface area contributed by atoms with Crippen LogP contribution >= 0.6 is 0 Å². The van der Waals surface area contributed by atoms with E-state index in [0.29, 0.717) is 19.3 Å². The van der Waals surface area contributed by atoms with Gasteiger partial charge in [0.1, 0.15) is 18.5 Å². The fraction of sp³-hybridized carbons (Fsp3) is 0.250. The predicted molar refractivity (Wildman–Crippen MR) is 129 cm³/mol. The Morgan fingerprint density at radius 3 is 1.74 bits per heavy atom. The van der Waals surface area contributed by atoms with E-state index in [2.05, 4.69) is 36.1 Å². The van der Waals surface area contributed by atoms with Crippen molar-refractivity contribution in [3.05, 3.63) is 78.9 Å². The average molecular weight is 490 g/mol. The van der Waals surface area contributed by atoms with E-state index in [1.165, 1.54) is 5.56 Å². The Morgan fingerprint density at radius 2 is 1.51 bits per heavy atom. The molecule has 0 aromatic heterocycles. The number of aryl methyl sites for hydroxylation is 1. The van der Waals surface area contributed by atoms with Crippen LogP contribution in [0.25, 0.3) is 0 Å². The van der Waals surface area contributed by atoms with Gasteiger partial charge in [-0.05, 0) is 26.0 Å². The maximum Gasteiger partial charge on any atom is 0.404 e. The number of carbonyl (C=O) groups is 2. The minimum atomic E-state index is -0.981. The first-order valence-corrected chi connectivity index (χ1v) is 9.88. The molecular weight excluding hydrogens is 458 g/mol. The second-order valence-electron chi connectivity index (χ2n) is 5.73. The smallest absolute Gasteiger partial charge is 0.404 e. The van der Waals surface area contributed by atoms with Crippen molar-refractivity contribution in [3.8, 4) is 5.75 Å². The van der Waals surface area contributed by atoms with Gasteiger partial charge in [-0.25, -0.2) is 30.0 Å². The molecule has 2 aromatic rings. The molecule has 11 nitrogen and oxygen atoms in total. The van der Waals surface area contributed by atoms with Crippen LogP contribution in [0.4, 0.5) is 4.79 Å². The standard InChI is InChI=1S/C9H10O2.C7H8.C3H7NO2.C3H4O2.2CHNO/c1-2-4-8(5-3-1)10-6-9-7-11-9;1-7-5-3-2-4-6-7;1-2-6-3(4)5;1-2-3(4)5;2*2-1-3/h1-5,9H,6-7H2;2-6H,1H3;2H2,1H3,(H2,4,5);2H,1H2,(H,4,5);2*2H. The number of isocyanates is 2. The minimum Gasteiger partial charge on any atom is -0.491 e. The lowest BCUT2D eigenvalue weighted by atomic mass is 10.2. The summed E-state index contributed by atoms with van der Waals surface area (Å²) in [7, 11) is 0. The second-order valence-corrected chi connectivity index (χ2v) is 5.73. The summed E-state index contributed by atoms with van der Waals surface area (Å²) in [5.41, 5.74) is 5.86. The molecule has 1 atom stereocenters. The Balaban J connectivity index is -0.000000378. The van der Waals surface area contributed by atoms with E-state index in [1.54, 1.807) is 6.92 Å². The molecule has 1 unspecified atom stereocenters. The lowest BCUT2D eigenvalue weighted by Crippen LogP contribution is -2.11. The Kier molecular flexibility index (Phi) is 27.5. The molecule has 0 aliphatic carbocycles. The molecule has 1 heterocycles. The number of nitrogens with one attached hydrogen (secondary N) is 2. The van der Waals surface area contributed by atoms with Crippen LogP contribution in [0.15, 0.2) is 73.3 Å². The lowest BCUT2D eigenvalue weighted by Gasteiger charge is -2.01. The van der Waals surface area contributed by atoms with Crippen LogP contribution in [-0.2, 0) is 23.9 Å². The number of carboxylic acid groups (broad SMARTS) is 1. The third-order valence-corrected chi connectivity index (χ3v) is 2.98. The number of para-hydroxylation sites is 1. The number of benzene rings is 2. The average Bonchev–Trinajstić information content (AvgIpc) is 3.66. The molecule has 1 amide bonds. The van der Waals surface area contributed by atoms with Gasteiger partial charge in [0, 0.05) is 6.08 Å². The molecule has 0 saturated carbocycles. The predicted octanol–water partition coefficient (Wildman–Crippen LogP) is 3.62. The van der Waals surface area contributed by atoms with Crippen LogP contribution in [0.1, 0.15) is 12.5 Å². The third-order valence-electron chi connectivity index (χ3n) is 2.98. The number of amides is 1. The molecule has 0 spiro atoms. The Hall–Kier alpha value is -4.56. The molecule has 1 aliphatic rings. The molecule has 0 bridgehead atoms. The normalized spacial score (nSPS) is 11.1. The fourth-order valence-electron chi connectivity index (χ4n) is 1.55. The summed E-state index contributed by atoms with van der Waals surface area (Å²) in [6, 6.07) is 20.1. The number of rotatable bonds is 5. The molecule has 1 saturated heterocycles. The fourth-order valence-corrected chi connectivity index (χ4v) is 1.55. The first-order chi connectivity index (χ1) is 16.7. The van der Waals surface area contributed by atoms with Gasteiger partial charge in [0.05, 0.1) is 13.2 Å². The van der Waals surface area contributed by atoms with E-state index in [-0.39, 0.29) is 0 Å². The van der Waals surface area contributed by atoms with Crippen LogP contribution in [-0.4, -0.2) is 55.3 Å². The Labute approximate surface area is 204 Å². The zero-order valence-corrected chi connectivity index (χ0v) is 19.6. The van der Waals surface area contributed by atoms with Crippen LogP contribution < -0.4 is 10.5 Å². The summed E-state index contributed by atoms with van der Waals surface area (Å²) in [5.74, 6) is -0.0620. The number of carboxylic acids is 1. The number of epoxide rings is 1. The van der Waals surface area contributed by atoms with Crippen LogP contribution in [0, 0.1) is 17.7 Å². The van der Waals surface area contributed by atoms with E-state index < -0.39 is 12.1 Å². The largest absolute Gasteiger partial charge is 0.491 e. The number of carbonyl (C=O) groups excluding carboxylic acids is 3. The SMILES string of the molecule is C=CC(=O)O.CCOC(N)=O.Cc1ccccc1.N=C=O.N=C=O.c1ccc(OCC2CO2)cc1. The number of primary amides is 1. The van der Waals surface area contributed by atoms with Crippen molar-refractivity contribution in [3.63, 3.8) is 0 Å². The van der Waals surface area contributed by atoms with Crippen LogP contribution in [0.3, 0.4) is 0 Å². The van der Waals surface area contributed by atoms with E-state index in [0.717, 1.165) is 30.6 Å². The molecular formula is C24H31N3O8. The number of nitrogens with two attached hydrogens (primary N) is 1. The lowest BCUT2D eigenvalue weighted by molar-refractivity contribution is -0.131. The van der Waals surface area contributed by atoms with Gasteiger partial charge in [-0.15, -0.1) is 0 Å². The monoisotopic (exact) mass is 489 g/mol. The van der Waals surface area contributed by atoms with Gasteiger partial charge < -0.3 is 25.1 Å². The van der Waals surface area contributed by atoms with E-state index in [9.17, 15) is 9.59 Å². The van der Waals surface area contributed by atoms with Crippen molar-refractivity contribution in [1.82, 2.24) is 0 Å². The number of aliphatic carboxylic acids is 1. The highest BCUT2D eigenvalue weighted by molar-refractivity contribution is 5.78. The first kappa shape index (κ1) is 35.0. The molecule has 2 aromatic carbocycles. The second kappa shape index (κ2) is 27.5. The number of hydrogen-bond donors (Lipinski definition) is 4. The number of hydrogen-bond acceptors (Lipinski definition) is 9. The maximum atomic E-state index is 9.60. The topological polar surface area (TPSA) is 193 Å². The molecule has 1 fully saturated rings. The van der Waals surface area contributed by atoms with Gasteiger partial charge in [-0.2, -0.15) is 0 Å². The molecule has 35 heavy (non-hydrogen) atoms. The van der Waals surface area contributed by atoms with Crippen molar-refractivity contribution in [2.75, 3.05) is 19.8 Å². The highest BCUT2D eigenvalue weighted by atomic mass is 16.6. The van der Waals surface area contributed by atoms with Crippen molar-refractivity contribution in [1.29, 1.82) is 10.8 Å². The van der Waals surface area contributed by atoms with Gasteiger partial charge in [0.25, 0.3) is 0 Å². The van der Waals surface area contributed by atoms with Crippen molar-refractivity contribution >= 4 is 24.2 Å². The third kappa shape index (κ3) is 37.1. The van der Waals surface area contributed by atoms with Gasteiger partial charge in [0.2, 0.25) is 12.2 Å². The van der Waals surface area contributed by atoms with Gasteiger partial charge >= 0.3 is 12.1 Å². The van der Waals surface area contributed by atoms with E-state index in [1.807, 2.05) is 48.5 Å². The van der Waals surface area contributed by atoms with Gasteiger partial charge in [-0.3, -0.25) is 0 Å². The quantitative estimate of drug-likeness (QED) is 0.211. The molecule has 0 radical (unpaired) electrons. The van der Waals surface area contributed by atoms with Crippen molar-refractivity contribution < 1.29 is 38.5 Å². The Bertz CT molecular complexity index is 849.